The van der Waals surface area contributed by atoms with Gasteiger partial charge in [0.1, 0.15) is 28.5 Å². The summed E-state index contributed by atoms with van der Waals surface area (Å²) in [5.41, 5.74) is 7.28. The third kappa shape index (κ3) is 5.00. The molecule has 0 aromatic heterocycles. The van der Waals surface area contributed by atoms with Gasteiger partial charge in [0.15, 0.2) is 0 Å². The van der Waals surface area contributed by atoms with Crippen LogP contribution in [0.25, 0.3) is 0 Å². The first-order valence-electron chi connectivity index (χ1n) is 10.2. The summed E-state index contributed by atoms with van der Waals surface area (Å²) >= 11 is 0. The molecule has 0 spiro atoms. The van der Waals surface area contributed by atoms with Crippen molar-refractivity contribution < 1.29 is 28.2 Å². The lowest BCUT2D eigenvalue weighted by Crippen LogP contribution is -2.40. The van der Waals surface area contributed by atoms with Crippen LogP contribution in [0.5, 0.6) is 11.5 Å². The minimum Gasteiger partial charge on any atom is -0.506 e. The number of rotatable bonds is 4. The molecule has 4 N–H and O–H groups in total. The van der Waals surface area contributed by atoms with E-state index in [1.165, 1.54) is 17.7 Å². The van der Waals surface area contributed by atoms with Crippen molar-refractivity contribution in [1.82, 2.24) is 4.31 Å². The standard InChI is InChI=1S/C12H15NO5S.C10H13NO/c1-8-4-2-6-10(11(8)14)19(17,18)13-7-3-5-9(13)12(15)16;11-7-9-6-5-8-3-1-2-4-10(8)12-9/h2,4,6,9,14H,3,5,7H2,1H3,(H,15,16);1-4,9H,5-7,11H2/t2*9-/m01/s1. The van der Waals surface area contributed by atoms with Crippen molar-refractivity contribution in [2.24, 2.45) is 5.73 Å². The number of carbonyl (C=O) groups is 1. The van der Waals surface area contributed by atoms with Gasteiger partial charge in [-0.25, -0.2) is 8.42 Å². The molecule has 2 atom stereocenters. The maximum atomic E-state index is 12.4. The summed E-state index contributed by atoms with van der Waals surface area (Å²) < 4.78 is 31.5. The number of para-hydroxylation sites is 2. The van der Waals surface area contributed by atoms with Gasteiger partial charge in [0.25, 0.3) is 0 Å². The van der Waals surface area contributed by atoms with E-state index in [9.17, 15) is 18.3 Å². The van der Waals surface area contributed by atoms with Crippen LogP contribution >= 0.6 is 0 Å². The minimum absolute atomic E-state index is 0.159. The van der Waals surface area contributed by atoms with Gasteiger partial charge in [0, 0.05) is 13.1 Å². The summed E-state index contributed by atoms with van der Waals surface area (Å²) in [6, 6.07) is 11.5. The number of aryl methyl sites for hydroxylation is 2. The number of aliphatic carboxylic acids is 1. The van der Waals surface area contributed by atoms with Crippen LogP contribution in [0.3, 0.4) is 0 Å². The topological polar surface area (TPSA) is 130 Å². The van der Waals surface area contributed by atoms with Crippen molar-refractivity contribution in [3.05, 3.63) is 53.6 Å². The summed E-state index contributed by atoms with van der Waals surface area (Å²) in [6.45, 7) is 2.37. The van der Waals surface area contributed by atoms with Crippen molar-refractivity contribution in [3.8, 4) is 11.5 Å². The smallest absolute Gasteiger partial charge is 0.322 e. The highest BCUT2D eigenvalue weighted by atomic mass is 32.2. The van der Waals surface area contributed by atoms with Crippen LogP contribution in [0.15, 0.2) is 47.4 Å². The predicted molar refractivity (Wildman–Crippen MR) is 116 cm³/mol. The summed E-state index contributed by atoms with van der Waals surface area (Å²) in [5, 5.41) is 18.9. The molecular weight excluding hydrogens is 420 g/mol. The number of carboxylic acids is 1. The third-order valence-corrected chi connectivity index (χ3v) is 7.48. The Hall–Kier alpha value is -2.62. The number of phenols is 1. The molecule has 2 aromatic rings. The Labute approximate surface area is 182 Å². The maximum Gasteiger partial charge on any atom is 0.322 e. The van der Waals surface area contributed by atoms with Crippen LogP contribution in [0, 0.1) is 6.92 Å². The first-order chi connectivity index (χ1) is 14.8. The second-order valence-corrected chi connectivity index (χ2v) is 9.51. The van der Waals surface area contributed by atoms with E-state index in [1.807, 2.05) is 18.2 Å². The van der Waals surface area contributed by atoms with Crippen LogP contribution in [0.2, 0.25) is 0 Å². The summed E-state index contributed by atoms with van der Waals surface area (Å²) in [7, 11) is -3.98. The van der Waals surface area contributed by atoms with Gasteiger partial charge in [-0.2, -0.15) is 4.31 Å². The first-order valence-corrected chi connectivity index (χ1v) is 11.7. The van der Waals surface area contributed by atoms with Crippen LogP contribution in [-0.2, 0) is 21.2 Å². The normalized spacial score (nSPS) is 20.8. The molecule has 9 heteroatoms. The van der Waals surface area contributed by atoms with Gasteiger partial charge in [-0.15, -0.1) is 0 Å². The molecule has 0 unspecified atom stereocenters. The Bertz CT molecular complexity index is 1040. The maximum absolute atomic E-state index is 12.4. The lowest BCUT2D eigenvalue weighted by atomic mass is 10.0. The largest absolute Gasteiger partial charge is 0.506 e. The average Bonchev–Trinajstić information content (AvgIpc) is 3.27. The van der Waals surface area contributed by atoms with E-state index < -0.39 is 22.0 Å². The van der Waals surface area contributed by atoms with E-state index in [-0.39, 0.29) is 23.3 Å². The quantitative estimate of drug-likeness (QED) is 0.654. The molecular formula is C22H28N2O6S. The number of fused-ring (bicyclic) bond motifs is 1. The van der Waals surface area contributed by atoms with Crippen LogP contribution in [-0.4, -0.2) is 54.1 Å². The van der Waals surface area contributed by atoms with Gasteiger partial charge in [-0.1, -0.05) is 30.3 Å². The average molecular weight is 449 g/mol. The highest BCUT2D eigenvalue weighted by Gasteiger charge is 2.40. The van der Waals surface area contributed by atoms with E-state index in [0.717, 1.165) is 22.9 Å². The van der Waals surface area contributed by atoms with Crippen molar-refractivity contribution in [2.75, 3.05) is 13.1 Å². The zero-order valence-corrected chi connectivity index (χ0v) is 18.2. The summed E-state index contributed by atoms with van der Waals surface area (Å²) in [6.07, 6.45) is 3.16. The predicted octanol–water partition coefficient (Wildman–Crippen LogP) is 2.28. The highest BCUT2D eigenvalue weighted by Crippen LogP contribution is 2.32. The number of sulfonamides is 1. The van der Waals surface area contributed by atoms with E-state index >= 15 is 0 Å². The molecule has 2 aliphatic heterocycles. The van der Waals surface area contributed by atoms with E-state index in [1.54, 1.807) is 13.0 Å². The van der Waals surface area contributed by atoms with Crippen LogP contribution in [0.1, 0.15) is 30.4 Å². The number of hydrogen-bond donors (Lipinski definition) is 3. The molecule has 2 aliphatic rings. The summed E-state index contributed by atoms with van der Waals surface area (Å²) in [4.78, 5) is 10.8. The second kappa shape index (κ2) is 9.67. The van der Waals surface area contributed by atoms with Crippen LogP contribution in [0.4, 0.5) is 0 Å². The number of benzene rings is 2. The molecule has 0 amide bonds. The zero-order chi connectivity index (χ0) is 22.6. The fourth-order valence-corrected chi connectivity index (χ4v) is 5.60. The van der Waals surface area contributed by atoms with E-state index in [4.69, 9.17) is 15.6 Å². The number of phenolic OH excluding ortho intramolecular Hbond substituents is 1. The van der Waals surface area contributed by atoms with Crippen LogP contribution < -0.4 is 10.5 Å². The zero-order valence-electron chi connectivity index (χ0n) is 17.4. The SMILES string of the molecule is Cc1cccc(S(=O)(=O)N2CCC[C@H]2C(=O)O)c1O.NC[C@H]1CCc2ccccc2O1. The minimum atomic E-state index is -3.98. The summed E-state index contributed by atoms with van der Waals surface area (Å²) in [5.74, 6) is -0.467. The third-order valence-electron chi connectivity index (χ3n) is 5.54. The van der Waals surface area contributed by atoms with Gasteiger partial charge < -0.3 is 20.7 Å². The lowest BCUT2D eigenvalue weighted by Gasteiger charge is -2.24. The van der Waals surface area contributed by atoms with Gasteiger partial charge in [-0.05, 0) is 55.9 Å². The van der Waals surface area contributed by atoms with Crippen molar-refractivity contribution in [3.63, 3.8) is 0 Å². The number of hydrogen-bond acceptors (Lipinski definition) is 6. The molecule has 0 bridgehead atoms. The fraction of sp³-hybridized carbons (Fsp3) is 0.409. The molecule has 0 saturated carbocycles. The monoisotopic (exact) mass is 448 g/mol. The molecule has 31 heavy (non-hydrogen) atoms. The molecule has 168 valence electrons. The molecule has 1 saturated heterocycles. The number of nitrogens with zero attached hydrogens (tertiary/aromatic N) is 1. The molecule has 1 fully saturated rings. The van der Waals surface area contributed by atoms with Crippen molar-refractivity contribution in [2.45, 2.75) is 49.6 Å². The molecule has 2 aromatic carbocycles. The molecule has 8 nitrogen and oxygen atoms in total. The van der Waals surface area contributed by atoms with Gasteiger partial charge >= 0.3 is 5.97 Å². The Morgan fingerprint density at radius 3 is 2.65 bits per heavy atom. The van der Waals surface area contributed by atoms with E-state index in [2.05, 4.69) is 6.07 Å². The molecule has 0 radical (unpaired) electrons. The Kier molecular flexibility index (Phi) is 7.19. The Morgan fingerprint density at radius 2 is 1.94 bits per heavy atom. The van der Waals surface area contributed by atoms with Crippen molar-refractivity contribution in [1.29, 1.82) is 0 Å². The molecule has 0 aliphatic carbocycles. The first kappa shape index (κ1) is 23.1. The number of ether oxygens (including phenoxy) is 1. The highest BCUT2D eigenvalue weighted by molar-refractivity contribution is 7.89. The van der Waals surface area contributed by atoms with Gasteiger partial charge in [0.2, 0.25) is 10.0 Å². The van der Waals surface area contributed by atoms with Gasteiger partial charge in [0.05, 0.1) is 0 Å². The molecule has 4 rings (SSSR count). The Morgan fingerprint density at radius 1 is 1.19 bits per heavy atom. The number of nitrogens with two attached hydrogens (primary N) is 1. The van der Waals surface area contributed by atoms with Gasteiger partial charge in [-0.3, -0.25) is 4.79 Å². The fourth-order valence-electron chi connectivity index (χ4n) is 3.79. The Balaban J connectivity index is 0.000000194. The lowest BCUT2D eigenvalue weighted by molar-refractivity contribution is -0.140. The number of carboxylic acid groups (broad SMARTS) is 1. The molecule has 2 heterocycles. The van der Waals surface area contributed by atoms with E-state index in [0.29, 0.717) is 24.9 Å². The number of aromatic hydroxyl groups is 1. The second-order valence-electron chi connectivity index (χ2n) is 7.66. The van der Waals surface area contributed by atoms with Crippen molar-refractivity contribution >= 4 is 16.0 Å².